The minimum Gasteiger partial charge on any atom is -0.464 e. The van der Waals surface area contributed by atoms with Gasteiger partial charge >= 0.3 is 5.97 Å². The van der Waals surface area contributed by atoms with Gasteiger partial charge in [-0.25, -0.2) is 9.78 Å². The first-order chi connectivity index (χ1) is 7.22. The fourth-order valence-electron chi connectivity index (χ4n) is 1.64. The number of nitrogens with one attached hydrogen (secondary N) is 2. The summed E-state index contributed by atoms with van der Waals surface area (Å²) in [6, 6.07) is 0. The van der Waals surface area contributed by atoms with Crippen molar-refractivity contribution in [3.8, 4) is 0 Å². The highest BCUT2D eigenvalue weighted by molar-refractivity contribution is 7.71. The van der Waals surface area contributed by atoms with Crippen LogP contribution in [-0.2, 0) is 17.7 Å². The molecule has 0 saturated carbocycles. The lowest BCUT2D eigenvalue weighted by molar-refractivity contribution is 0.0591. The van der Waals surface area contributed by atoms with Crippen LogP contribution in [0.3, 0.4) is 0 Å². The van der Waals surface area contributed by atoms with Crippen molar-refractivity contribution in [2.75, 3.05) is 13.7 Å². The molecule has 0 atom stereocenters. The number of esters is 1. The van der Waals surface area contributed by atoms with E-state index >= 15 is 0 Å². The molecule has 0 bridgehead atoms. The van der Waals surface area contributed by atoms with E-state index in [0.717, 1.165) is 24.2 Å². The fourth-order valence-corrected chi connectivity index (χ4v) is 1.86. The lowest BCUT2D eigenvalue weighted by Gasteiger charge is -2.18. The van der Waals surface area contributed by atoms with Crippen molar-refractivity contribution in [2.45, 2.75) is 13.0 Å². The summed E-state index contributed by atoms with van der Waals surface area (Å²) in [5.74, 6) is -0.435. The Morgan fingerprint density at radius 3 is 3.13 bits per heavy atom. The maximum atomic E-state index is 11.5. The predicted octanol–water partition coefficient (Wildman–Crippen LogP) is 0.571. The number of nitrogens with zero attached hydrogens (tertiary/aromatic N) is 1. The van der Waals surface area contributed by atoms with Crippen molar-refractivity contribution < 1.29 is 9.53 Å². The van der Waals surface area contributed by atoms with Crippen LogP contribution in [0.15, 0.2) is 0 Å². The van der Waals surface area contributed by atoms with E-state index in [1.165, 1.54) is 7.11 Å². The second-order valence-electron chi connectivity index (χ2n) is 3.27. The maximum absolute atomic E-state index is 11.5. The van der Waals surface area contributed by atoms with Crippen LogP contribution in [0.4, 0.5) is 0 Å². The summed E-state index contributed by atoms with van der Waals surface area (Å²) in [5, 5.41) is 3.18. The number of rotatable bonds is 1. The lowest BCUT2D eigenvalue weighted by Crippen LogP contribution is -2.28. The normalized spacial score (nSPS) is 14.5. The van der Waals surface area contributed by atoms with Gasteiger partial charge in [0.05, 0.1) is 7.11 Å². The van der Waals surface area contributed by atoms with Crippen LogP contribution in [0.5, 0.6) is 0 Å². The number of aromatic nitrogens is 2. The number of ether oxygens (including phenoxy) is 1. The zero-order valence-electron chi connectivity index (χ0n) is 8.29. The van der Waals surface area contributed by atoms with Gasteiger partial charge < -0.3 is 15.0 Å². The fraction of sp³-hybridized carbons (Fsp3) is 0.444. The van der Waals surface area contributed by atoms with Gasteiger partial charge in [-0.3, -0.25) is 0 Å². The number of fused-ring (bicyclic) bond motifs is 1. The number of aromatic amines is 1. The number of carbonyl (C=O) groups is 1. The molecule has 0 spiro atoms. The van der Waals surface area contributed by atoms with Crippen LogP contribution < -0.4 is 5.32 Å². The number of carbonyl (C=O) groups excluding carboxylic acids is 1. The summed E-state index contributed by atoms with van der Waals surface area (Å²) in [7, 11) is 1.34. The molecule has 6 heteroatoms. The molecule has 0 aliphatic carbocycles. The smallest absolute Gasteiger partial charge is 0.357 e. The molecule has 15 heavy (non-hydrogen) atoms. The van der Waals surface area contributed by atoms with Crippen LogP contribution in [0.1, 0.15) is 21.7 Å². The molecule has 0 unspecified atom stereocenters. The number of hydrogen-bond donors (Lipinski definition) is 2. The van der Waals surface area contributed by atoms with Gasteiger partial charge in [0.2, 0.25) is 0 Å². The molecule has 2 rings (SSSR count). The zero-order valence-corrected chi connectivity index (χ0v) is 9.11. The second-order valence-corrected chi connectivity index (χ2v) is 3.65. The van der Waals surface area contributed by atoms with Gasteiger partial charge in [0.25, 0.3) is 0 Å². The second kappa shape index (κ2) is 4.08. The first-order valence-corrected chi connectivity index (χ1v) is 5.04. The average molecular weight is 225 g/mol. The quantitative estimate of drug-likeness (QED) is 0.540. The molecule has 0 saturated heterocycles. The average Bonchev–Trinajstić information content (AvgIpc) is 2.26. The van der Waals surface area contributed by atoms with Crippen LogP contribution in [0.2, 0.25) is 0 Å². The molecule has 1 aliphatic heterocycles. The Bertz CT molecular complexity index is 455. The van der Waals surface area contributed by atoms with Crippen molar-refractivity contribution in [3.63, 3.8) is 0 Å². The standard InChI is InChI=1S/C9H11N3O2S/c1-14-8(13)7-5-4-10-3-2-6(5)11-9(15)12-7/h10H,2-4H2,1H3,(H,11,12,15). The summed E-state index contributed by atoms with van der Waals surface area (Å²) in [6.45, 7) is 1.50. The first-order valence-electron chi connectivity index (χ1n) is 4.63. The molecule has 0 fully saturated rings. The zero-order chi connectivity index (χ0) is 10.8. The van der Waals surface area contributed by atoms with Crippen molar-refractivity contribution in [2.24, 2.45) is 0 Å². The summed E-state index contributed by atoms with van der Waals surface area (Å²) in [4.78, 5) is 18.5. The molecule has 5 nitrogen and oxygen atoms in total. The van der Waals surface area contributed by atoms with Crippen LogP contribution in [-0.4, -0.2) is 29.6 Å². The summed E-state index contributed by atoms with van der Waals surface area (Å²) < 4.78 is 5.00. The molecule has 1 aliphatic rings. The van der Waals surface area contributed by atoms with Gasteiger partial charge in [-0.15, -0.1) is 0 Å². The Labute approximate surface area is 91.9 Å². The monoisotopic (exact) mass is 225 g/mol. The van der Waals surface area contributed by atoms with Crippen LogP contribution in [0.25, 0.3) is 0 Å². The maximum Gasteiger partial charge on any atom is 0.357 e. The van der Waals surface area contributed by atoms with Gasteiger partial charge in [0, 0.05) is 30.8 Å². The first kappa shape index (κ1) is 10.3. The Morgan fingerprint density at radius 1 is 1.60 bits per heavy atom. The molecule has 0 radical (unpaired) electrons. The number of H-pyrrole nitrogens is 1. The van der Waals surface area contributed by atoms with E-state index in [2.05, 4.69) is 20.0 Å². The predicted molar refractivity (Wildman–Crippen MR) is 56.2 cm³/mol. The molecule has 2 N–H and O–H groups in total. The molecule has 80 valence electrons. The van der Waals surface area contributed by atoms with E-state index in [1.807, 2.05) is 0 Å². The van der Waals surface area contributed by atoms with Crippen molar-refractivity contribution in [3.05, 3.63) is 21.7 Å². The van der Waals surface area contributed by atoms with Gasteiger partial charge in [-0.1, -0.05) is 0 Å². The van der Waals surface area contributed by atoms with Gasteiger partial charge in [-0.2, -0.15) is 0 Å². The lowest BCUT2D eigenvalue weighted by atomic mass is 10.1. The van der Waals surface area contributed by atoms with E-state index in [0.29, 0.717) is 17.0 Å². The van der Waals surface area contributed by atoms with Gasteiger partial charge in [0.15, 0.2) is 10.5 Å². The van der Waals surface area contributed by atoms with Gasteiger partial charge in [-0.05, 0) is 12.2 Å². The number of methoxy groups -OCH3 is 1. The minimum absolute atomic E-state index is 0.323. The Morgan fingerprint density at radius 2 is 2.40 bits per heavy atom. The highest BCUT2D eigenvalue weighted by Crippen LogP contribution is 2.15. The molecule has 0 amide bonds. The summed E-state index contributed by atoms with van der Waals surface area (Å²) in [5.41, 5.74) is 2.17. The van der Waals surface area contributed by atoms with Crippen LogP contribution >= 0.6 is 12.2 Å². The molecule has 1 aromatic heterocycles. The third kappa shape index (κ3) is 1.91. The Hall–Kier alpha value is -1.27. The third-order valence-electron chi connectivity index (χ3n) is 2.35. The van der Waals surface area contributed by atoms with Crippen LogP contribution in [0, 0.1) is 4.77 Å². The molecular weight excluding hydrogens is 214 g/mol. The SMILES string of the molecule is COC(=O)c1nc(=S)[nH]c2c1CNCC2. The largest absolute Gasteiger partial charge is 0.464 e. The Kier molecular flexibility index (Phi) is 2.79. The topological polar surface area (TPSA) is 67.0 Å². The minimum atomic E-state index is -0.435. The van der Waals surface area contributed by atoms with E-state index < -0.39 is 5.97 Å². The van der Waals surface area contributed by atoms with Crippen molar-refractivity contribution >= 4 is 18.2 Å². The molecule has 1 aromatic rings. The number of hydrogen-bond acceptors (Lipinski definition) is 5. The van der Waals surface area contributed by atoms with E-state index in [-0.39, 0.29) is 0 Å². The Balaban J connectivity index is 2.57. The van der Waals surface area contributed by atoms with Crippen molar-refractivity contribution in [1.29, 1.82) is 0 Å². The van der Waals surface area contributed by atoms with E-state index in [4.69, 9.17) is 12.2 Å². The highest BCUT2D eigenvalue weighted by atomic mass is 32.1. The molecule has 2 heterocycles. The van der Waals surface area contributed by atoms with E-state index in [9.17, 15) is 4.79 Å². The van der Waals surface area contributed by atoms with E-state index in [1.54, 1.807) is 0 Å². The van der Waals surface area contributed by atoms with Crippen molar-refractivity contribution in [1.82, 2.24) is 15.3 Å². The molecular formula is C9H11N3O2S. The summed E-state index contributed by atoms with van der Waals surface area (Å²) in [6.07, 6.45) is 0.825. The third-order valence-corrected chi connectivity index (χ3v) is 2.55. The van der Waals surface area contributed by atoms with Gasteiger partial charge in [0.1, 0.15) is 0 Å². The highest BCUT2D eigenvalue weighted by Gasteiger charge is 2.20. The summed E-state index contributed by atoms with van der Waals surface area (Å²) >= 11 is 4.96. The molecule has 0 aromatic carbocycles.